The van der Waals surface area contributed by atoms with Crippen molar-refractivity contribution in [2.45, 2.75) is 59.2 Å². The topological polar surface area (TPSA) is 132 Å². The number of benzene rings is 3. The first-order valence-corrected chi connectivity index (χ1v) is 14.8. The van der Waals surface area contributed by atoms with Gasteiger partial charge in [0.25, 0.3) is 0 Å². The molecule has 0 aliphatic heterocycles. The fraction of sp³-hybridized carbons (Fsp3) is 0.412. The summed E-state index contributed by atoms with van der Waals surface area (Å²) < 4.78 is 17.7. The molecule has 43 heavy (non-hydrogen) atoms. The molecular weight excluding hydrogens is 546 g/mol. The van der Waals surface area contributed by atoms with E-state index in [9.17, 15) is 14.7 Å². The number of anilines is 2. The number of aromatic carboxylic acids is 1. The molecule has 3 aromatic carbocycles. The number of rotatable bonds is 13. The minimum absolute atomic E-state index is 0.0394. The summed E-state index contributed by atoms with van der Waals surface area (Å²) in [5.41, 5.74) is 8.69. The van der Waals surface area contributed by atoms with Gasteiger partial charge in [-0.3, -0.25) is 4.79 Å². The van der Waals surface area contributed by atoms with Crippen LogP contribution in [0.3, 0.4) is 0 Å². The van der Waals surface area contributed by atoms with Gasteiger partial charge in [0.2, 0.25) is 5.91 Å². The Bertz CT molecular complexity index is 1390. The Morgan fingerprint density at radius 1 is 1.02 bits per heavy atom. The maximum atomic E-state index is 12.5. The highest BCUT2D eigenvalue weighted by atomic mass is 16.5. The Morgan fingerprint density at radius 3 is 2.49 bits per heavy atom. The number of nitrogens with two attached hydrogens (primary N) is 1. The van der Waals surface area contributed by atoms with Gasteiger partial charge in [-0.05, 0) is 66.1 Å². The van der Waals surface area contributed by atoms with Gasteiger partial charge in [0.05, 0.1) is 13.2 Å². The van der Waals surface area contributed by atoms with Crippen LogP contribution in [0.15, 0.2) is 60.7 Å². The number of nitrogens with one attached hydrogen (secondary N) is 2. The number of methoxy groups -OCH3 is 1. The minimum Gasteiger partial charge on any atom is -0.493 e. The highest BCUT2D eigenvalue weighted by molar-refractivity contribution is 5.92. The Hall–Kier alpha value is -4.24. The van der Waals surface area contributed by atoms with Crippen LogP contribution in [0.2, 0.25) is 0 Å². The average molecular weight is 590 g/mol. The van der Waals surface area contributed by atoms with Gasteiger partial charge in [-0.15, -0.1) is 0 Å². The van der Waals surface area contributed by atoms with Crippen molar-refractivity contribution < 1.29 is 28.9 Å². The molecule has 1 saturated carbocycles. The van der Waals surface area contributed by atoms with E-state index in [1.54, 1.807) is 12.1 Å². The molecule has 0 radical (unpaired) electrons. The van der Waals surface area contributed by atoms with Crippen LogP contribution < -0.4 is 25.8 Å². The van der Waals surface area contributed by atoms with E-state index in [-0.39, 0.29) is 29.9 Å². The third-order valence-corrected chi connectivity index (χ3v) is 8.09. The van der Waals surface area contributed by atoms with Gasteiger partial charge < -0.3 is 35.7 Å². The highest BCUT2D eigenvalue weighted by Crippen LogP contribution is 2.38. The molecule has 0 aromatic heterocycles. The lowest BCUT2D eigenvalue weighted by Crippen LogP contribution is -2.39. The molecule has 4 rings (SSSR count). The third-order valence-electron chi connectivity index (χ3n) is 8.09. The molecule has 3 aromatic rings. The number of hydrogen-bond acceptors (Lipinski definition) is 7. The second-order valence-corrected chi connectivity index (χ2v) is 11.5. The lowest BCUT2D eigenvalue weighted by atomic mass is 9.72. The number of hydrogen-bond donors (Lipinski definition) is 4. The van der Waals surface area contributed by atoms with Gasteiger partial charge in [-0.25, -0.2) is 4.79 Å². The first-order chi connectivity index (χ1) is 20.7. The number of carboxylic acid groups (broad SMARTS) is 1. The number of amides is 1. The molecule has 1 amide bonds. The zero-order chi connectivity index (χ0) is 30.9. The molecule has 0 spiro atoms. The number of nitrogen functional groups attached to an aromatic ring is 1. The van der Waals surface area contributed by atoms with Crippen molar-refractivity contribution in [1.29, 1.82) is 0 Å². The minimum atomic E-state index is -1.14. The fourth-order valence-electron chi connectivity index (χ4n) is 5.94. The van der Waals surface area contributed by atoms with Crippen LogP contribution in [0.5, 0.6) is 17.2 Å². The summed E-state index contributed by atoms with van der Waals surface area (Å²) >= 11 is 0. The number of carbonyl (C=O) groups excluding carboxylic acids is 1. The lowest BCUT2D eigenvalue weighted by Gasteiger charge is -2.38. The van der Waals surface area contributed by atoms with Crippen molar-refractivity contribution >= 4 is 23.3 Å². The van der Waals surface area contributed by atoms with Crippen LogP contribution in [-0.4, -0.2) is 36.8 Å². The van der Waals surface area contributed by atoms with Crippen molar-refractivity contribution in [3.63, 3.8) is 0 Å². The SMILES string of the molecule is COc1cccc(CNc2ccc(CNC(=O)COC3CCCC(C)C3C(C)C)cc2)c1Oc1ccc(N)cc1C(=O)O. The monoisotopic (exact) mass is 589 g/mol. The molecule has 1 aliphatic rings. The van der Waals surface area contributed by atoms with E-state index in [2.05, 4.69) is 31.4 Å². The second kappa shape index (κ2) is 14.8. The molecule has 1 fully saturated rings. The Morgan fingerprint density at radius 2 is 1.79 bits per heavy atom. The number of carbonyl (C=O) groups is 2. The van der Waals surface area contributed by atoms with Gasteiger partial charge in [0, 0.05) is 30.0 Å². The van der Waals surface area contributed by atoms with E-state index in [0.29, 0.717) is 48.0 Å². The zero-order valence-electron chi connectivity index (χ0n) is 25.4. The summed E-state index contributed by atoms with van der Waals surface area (Å²) in [6.07, 6.45) is 3.53. The van der Waals surface area contributed by atoms with Gasteiger partial charge >= 0.3 is 5.97 Å². The average Bonchev–Trinajstić information content (AvgIpc) is 2.99. The van der Waals surface area contributed by atoms with E-state index in [4.69, 9.17) is 19.9 Å². The number of carboxylic acids is 1. The summed E-state index contributed by atoms with van der Waals surface area (Å²) in [6, 6.07) is 17.8. The molecule has 0 bridgehead atoms. The fourth-order valence-corrected chi connectivity index (χ4v) is 5.94. The predicted octanol–water partition coefficient (Wildman–Crippen LogP) is 6.47. The van der Waals surface area contributed by atoms with E-state index >= 15 is 0 Å². The quantitative estimate of drug-likeness (QED) is 0.167. The third kappa shape index (κ3) is 8.41. The van der Waals surface area contributed by atoms with Crippen LogP contribution in [0, 0.1) is 17.8 Å². The van der Waals surface area contributed by atoms with Gasteiger partial charge in [0.15, 0.2) is 11.5 Å². The lowest BCUT2D eigenvalue weighted by molar-refractivity contribution is -0.132. The van der Waals surface area contributed by atoms with Crippen LogP contribution in [-0.2, 0) is 22.6 Å². The highest BCUT2D eigenvalue weighted by Gasteiger charge is 2.33. The molecular formula is C34H43N3O6. The molecule has 9 nitrogen and oxygen atoms in total. The van der Waals surface area contributed by atoms with Crippen LogP contribution in [0.4, 0.5) is 11.4 Å². The van der Waals surface area contributed by atoms with Crippen molar-refractivity contribution in [2.24, 2.45) is 17.8 Å². The molecule has 0 saturated heterocycles. The van der Waals surface area contributed by atoms with Crippen LogP contribution in [0.25, 0.3) is 0 Å². The molecule has 1 aliphatic carbocycles. The van der Waals surface area contributed by atoms with Gasteiger partial charge in [-0.2, -0.15) is 0 Å². The van der Waals surface area contributed by atoms with Crippen LogP contribution >= 0.6 is 0 Å². The summed E-state index contributed by atoms with van der Waals surface area (Å²) in [6.45, 7) is 7.66. The predicted molar refractivity (Wildman–Crippen MR) is 168 cm³/mol. The standard InChI is InChI=1S/C34H43N3O6/c1-21(2)32-22(3)7-5-9-29(32)42-20-31(38)37-18-23-11-14-26(15-12-23)36-19-24-8-6-10-30(41-4)33(24)43-28-16-13-25(35)17-27(28)34(39)40/h6,8,10-17,21-22,29,32,36H,5,7,9,18-20,35H2,1-4H3,(H,37,38)(H,39,40). The van der Waals surface area contributed by atoms with Gasteiger partial charge in [-0.1, -0.05) is 57.9 Å². The normalized spacial score (nSPS) is 18.2. The summed E-state index contributed by atoms with van der Waals surface area (Å²) in [7, 11) is 1.53. The smallest absolute Gasteiger partial charge is 0.339 e. The molecule has 5 N–H and O–H groups in total. The van der Waals surface area contributed by atoms with Gasteiger partial charge in [0.1, 0.15) is 17.9 Å². The summed E-state index contributed by atoms with van der Waals surface area (Å²) in [4.78, 5) is 24.3. The van der Waals surface area contributed by atoms with Crippen molar-refractivity contribution in [2.75, 3.05) is 24.8 Å². The Labute approximate surface area is 253 Å². The first kappa shape index (κ1) is 31.7. The second-order valence-electron chi connectivity index (χ2n) is 11.5. The molecule has 0 heterocycles. The van der Waals surface area contributed by atoms with E-state index in [1.807, 2.05) is 36.4 Å². The van der Waals surface area contributed by atoms with E-state index < -0.39 is 5.97 Å². The van der Waals surface area contributed by atoms with Crippen molar-refractivity contribution in [3.05, 3.63) is 77.4 Å². The Kier molecular flexibility index (Phi) is 10.9. The maximum Gasteiger partial charge on any atom is 0.339 e. The Balaban J connectivity index is 1.32. The maximum absolute atomic E-state index is 12.5. The molecule has 230 valence electrons. The van der Waals surface area contributed by atoms with Crippen molar-refractivity contribution in [1.82, 2.24) is 5.32 Å². The van der Waals surface area contributed by atoms with Crippen LogP contribution in [0.1, 0.15) is 61.5 Å². The first-order valence-electron chi connectivity index (χ1n) is 14.8. The van der Waals surface area contributed by atoms with E-state index in [1.165, 1.54) is 25.7 Å². The summed E-state index contributed by atoms with van der Waals surface area (Å²) in [5.74, 6) is 1.44. The number of ether oxygens (including phenoxy) is 3. The van der Waals surface area contributed by atoms with Crippen molar-refractivity contribution in [3.8, 4) is 17.2 Å². The largest absolute Gasteiger partial charge is 0.493 e. The molecule has 3 unspecified atom stereocenters. The summed E-state index contributed by atoms with van der Waals surface area (Å²) in [5, 5.41) is 16.0. The number of para-hydroxylation sites is 1. The zero-order valence-corrected chi connectivity index (χ0v) is 25.4. The van der Waals surface area contributed by atoms with E-state index in [0.717, 1.165) is 29.7 Å². The molecule has 9 heteroatoms. The molecule has 3 atom stereocenters.